The van der Waals surface area contributed by atoms with E-state index in [9.17, 15) is 13.2 Å². The molecule has 0 spiro atoms. The molecule has 0 aliphatic rings. The molecule has 8 heteroatoms. The molecule has 1 aromatic heterocycles. The van der Waals surface area contributed by atoms with Crippen molar-refractivity contribution in [3.05, 3.63) is 24.0 Å². The Kier molecular flexibility index (Phi) is 5.81. The molecule has 1 amide bonds. The molecule has 0 saturated carbocycles. The van der Waals surface area contributed by atoms with Crippen molar-refractivity contribution in [1.29, 1.82) is 5.26 Å². The predicted molar refractivity (Wildman–Crippen MR) is 76.7 cm³/mol. The van der Waals surface area contributed by atoms with Gasteiger partial charge in [-0.25, -0.2) is 13.4 Å². The van der Waals surface area contributed by atoms with Gasteiger partial charge in [0, 0.05) is 26.3 Å². The summed E-state index contributed by atoms with van der Waals surface area (Å²) >= 11 is 0. The molecule has 1 rings (SSSR count). The van der Waals surface area contributed by atoms with Gasteiger partial charge in [-0.05, 0) is 26.0 Å². The highest BCUT2D eigenvalue weighted by Crippen LogP contribution is 2.13. The van der Waals surface area contributed by atoms with Crippen molar-refractivity contribution in [2.75, 3.05) is 26.7 Å². The zero-order valence-corrected chi connectivity index (χ0v) is 13.1. The van der Waals surface area contributed by atoms with E-state index in [1.807, 2.05) is 19.9 Å². The molecule has 0 unspecified atom stereocenters. The maximum absolute atomic E-state index is 12.3. The van der Waals surface area contributed by atoms with E-state index >= 15 is 0 Å². The summed E-state index contributed by atoms with van der Waals surface area (Å²) in [7, 11) is -2.45. The van der Waals surface area contributed by atoms with Gasteiger partial charge in [0.2, 0.25) is 15.9 Å². The summed E-state index contributed by atoms with van der Waals surface area (Å²) < 4.78 is 25.6. The standard InChI is InChI=1S/C13H18N4O3S/c1-4-17(5-2)13(18)10-16(3)21(19,20)12-7-6-11(8-14)15-9-12/h6-7,9H,4-5,10H2,1-3H3. The third kappa shape index (κ3) is 4.00. The molecule has 114 valence electrons. The predicted octanol–water partition coefficient (Wildman–Crippen LogP) is 0.442. The second-order valence-corrected chi connectivity index (χ2v) is 6.36. The minimum Gasteiger partial charge on any atom is -0.342 e. The van der Waals surface area contributed by atoms with E-state index in [4.69, 9.17) is 5.26 Å². The van der Waals surface area contributed by atoms with Gasteiger partial charge in [-0.15, -0.1) is 0 Å². The number of nitriles is 1. The maximum Gasteiger partial charge on any atom is 0.244 e. The lowest BCUT2D eigenvalue weighted by atomic mass is 10.4. The molecule has 0 N–H and O–H groups in total. The summed E-state index contributed by atoms with van der Waals surface area (Å²) in [6.45, 7) is 4.49. The summed E-state index contributed by atoms with van der Waals surface area (Å²) in [4.78, 5) is 17.2. The van der Waals surface area contributed by atoms with Crippen LogP contribution < -0.4 is 0 Å². The molecule has 7 nitrogen and oxygen atoms in total. The minimum atomic E-state index is -3.80. The van der Waals surface area contributed by atoms with Crippen LogP contribution in [0.25, 0.3) is 0 Å². The number of likely N-dealkylation sites (N-methyl/N-ethyl adjacent to an activating group) is 2. The number of hydrogen-bond donors (Lipinski definition) is 0. The Hall–Kier alpha value is -1.98. The normalized spacial score (nSPS) is 11.2. The molecule has 1 aromatic rings. The quantitative estimate of drug-likeness (QED) is 0.760. The number of pyridine rings is 1. The number of aromatic nitrogens is 1. The van der Waals surface area contributed by atoms with Crippen molar-refractivity contribution in [1.82, 2.24) is 14.2 Å². The fourth-order valence-corrected chi connectivity index (χ4v) is 2.80. The van der Waals surface area contributed by atoms with Crippen molar-refractivity contribution in [2.24, 2.45) is 0 Å². The number of carbonyl (C=O) groups excluding carboxylic acids is 1. The van der Waals surface area contributed by atoms with Crippen LogP contribution in [0.4, 0.5) is 0 Å². The first-order valence-corrected chi connectivity index (χ1v) is 7.91. The van der Waals surface area contributed by atoms with Crippen LogP contribution in [0.5, 0.6) is 0 Å². The summed E-state index contributed by atoms with van der Waals surface area (Å²) in [6, 6.07) is 4.45. The van der Waals surface area contributed by atoms with Gasteiger partial charge in [0.25, 0.3) is 0 Å². The van der Waals surface area contributed by atoms with E-state index in [0.29, 0.717) is 13.1 Å². The number of carbonyl (C=O) groups is 1. The first-order valence-electron chi connectivity index (χ1n) is 6.47. The van der Waals surface area contributed by atoms with E-state index in [1.165, 1.54) is 19.2 Å². The Morgan fingerprint density at radius 2 is 1.95 bits per heavy atom. The first-order chi connectivity index (χ1) is 9.86. The summed E-state index contributed by atoms with van der Waals surface area (Å²) in [5.41, 5.74) is 0.135. The average molecular weight is 310 g/mol. The van der Waals surface area contributed by atoms with Gasteiger partial charge in [-0.3, -0.25) is 4.79 Å². The van der Waals surface area contributed by atoms with Crippen LogP contribution in [0.15, 0.2) is 23.2 Å². The van der Waals surface area contributed by atoms with Crippen molar-refractivity contribution < 1.29 is 13.2 Å². The lowest BCUT2D eigenvalue weighted by Gasteiger charge is -2.22. The topological polar surface area (TPSA) is 94.4 Å². The van der Waals surface area contributed by atoms with E-state index in [2.05, 4.69) is 4.98 Å². The van der Waals surface area contributed by atoms with Crippen LogP contribution in [0.3, 0.4) is 0 Å². The van der Waals surface area contributed by atoms with Gasteiger partial charge < -0.3 is 4.90 Å². The second-order valence-electron chi connectivity index (χ2n) is 4.32. The molecule has 21 heavy (non-hydrogen) atoms. The Balaban J connectivity index is 2.91. The van der Waals surface area contributed by atoms with Gasteiger partial charge in [-0.1, -0.05) is 0 Å². The van der Waals surface area contributed by atoms with E-state index in [0.717, 1.165) is 10.5 Å². The SMILES string of the molecule is CCN(CC)C(=O)CN(C)S(=O)(=O)c1ccc(C#N)nc1. The van der Waals surface area contributed by atoms with Gasteiger partial charge in [0.05, 0.1) is 6.54 Å². The van der Waals surface area contributed by atoms with Crippen molar-refractivity contribution in [2.45, 2.75) is 18.7 Å². The molecule has 1 heterocycles. The Bertz CT molecular complexity index is 630. The lowest BCUT2D eigenvalue weighted by molar-refractivity contribution is -0.130. The average Bonchev–Trinajstić information content (AvgIpc) is 2.48. The Morgan fingerprint density at radius 1 is 1.33 bits per heavy atom. The zero-order valence-electron chi connectivity index (χ0n) is 12.3. The van der Waals surface area contributed by atoms with Crippen molar-refractivity contribution in [3.8, 4) is 6.07 Å². The van der Waals surface area contributed by atoms with Crippen LogP contribution in [-0.2, 0) is 14.8 Å². The third-order valence-electron chi connectivity index (χ3n) is 3.03. The van der Waals surface area contributed by atoms with E-state index in [-0.39, 0.29) is 23.0 Å². The molecule has 0 aliphatic heterocycles. The number of sulfonamides is 1. The van der Waals surface area contributed by atoms with E-state index in [1.54, 1.807) is 4.90 Å². The molecule has 0 radical (unpaired) electrons. The molecule has 0 saturated heterocycles. The molecule has 0 bridgehead atoms. The fraction of sp³-hybridized carbons (Fsp3) is 0.462. The first kappa shape index (κ1) is 17.1. The van der Waals surface area contributed by atoms with Gasteiger partial charge in [0.15, 0.2) is 0 Å². The molecule has 0 aromatic carbocycles. The highest BCUT2D eigenvalue weighted by Gasteiger charge is 2.24. The number of amides is 1. The Morgan fingerprint density at radius 3 is 2.38 bits per heavy atom. The zero-order chi connectivity index (χ0) is 16.0. The van der Waals surface area contributed by atoms with Gasteiger partial charge >= 0.3 is 0 Å². The fourth-order valence-electron chi connectivity index (χ4n) is 1.73. The summed E-state index contributed by atoms with van der Waals surface area (Å²) in [5.74, 6) is -0.257. The number of nitrogens with zero attached hydrogens (tertiary/aromatic N) is 4. The Labute approximate surface area is 124 Å². The van der Waals surface area contributed by atoms with Crippen molar-refractivity contribution in [3.63, 3.8) is 0 Å². The van der Waals surface area contributed by atoms with Gasteiger partial charge in [-0.2, -0.15) is 9.57 Å². The van der Waals surface area contributed by atoms with Crippen LogP contribution in [-0.4, -0.2) is 55.2 Å². The maximum atomic E-state index is 12.3. The summed E-state index contributed by atoms with van der Waals surface area (Å²) in [6.07, 6.45) is 1.12. The molecule has 0 aliphatic carbocycles. The van der Waals surface area contributed by atoms with Crippen LogP contribution in [0.2, 0.25) is 0 Å². The molecular formula is C13H18N4O3S. The number of rotatable bonds is 6. The minimum absolute atomic E-state index is 0.0450. The van der Waals surface area contributed by atoms with E-state index < -0.39 is 10.0 Å². The smallest absolute Gasteiger partial charge is 0.244 e. The number of hydrogen-bond acceptors (Lipinski definition) is 5. The van der Waals surface area contributed by atoms with Gasteiger partial charge in [0.1, 0.15) is 16.7 Å². The van der Waals surface area contributed by atoms with Crippen LogP contribution in [0, 0.1) is 11.3 Å². The molecule has 0 atom stereocenters. The largest absolute Gasteiger partial charge is 0.342 e. The molecular weight excluding hydrogens is 292 g/mol. The van der Waals surface area contributed by atoms with Crippen molar-refractivity contribution >= 4 is 15.9 Å². The second kappa shape index (κ2) is 7.15. The van der Waals surface area contributed by atoms with Crippen LogP contribution in [0.1, 0.15) is 19.5 Å². The third-order valence-corrected chi connectivity index (χ3v) is 4.82. The summed E-state index contributed by atoms with van der Waals surface area (Å²) in [5, 5.41) is 8.65. The monoisotopic (exact) mass is 310 g/mol. The van der Waals surface area contributed by atoms with Crippen LogP contribution >= 0.6 is 0 Å². The highest BCUT2D eigenvalue weighted by molar-refractivity contribution is 7.89. The highest BCUT2D eigenvalue weighted by atomic mass is 32.2. The lowest BCUT2D eigenvalue weighted by Crippen LogP contribution is -2.41. The molecule has 0 fully saturated rings.